The second-order valence-electron chi connectivity index (χ2n) is 4.09. The van der Waals surface area contributed by atoms with Crippen LogP contribution in [-0.2, 0) is 4.74 Å². The fraction of sp³-hybridized carbons (Fsp3) is 0.500. The van der Waals surface area contributed by atoms with Gasteiger partial charge < -0.3 is 19.5 Å². The number of anilines is 1. The maximum absolute atomic E-state index is 5.38. The summed E-state index contributed by atoms with van der Waals surface area (Å²) in [6.45, 7) is 5.27. The standard InChI is InChI=1S/C14H21NO3S/c1-5-18-9-10(2)14(19)15-13-11(16-3)7-6-8-12(13)17-4/h6-8,10H,5,9H2,1-4H3,(H,15,19). The first kappa shape index (κ1) is 15.7. The maximum atomic E-state index is 5.38. The van der Waals surface area contributed by atoms with E-state index in [4.69, 9.17) is 26.4 Å². The van der Waals surface area contributed by atoms with Gasteiger partial charge in [0.2, 0.25) is 0 Å². The molecule has 1 aromatic rings. The lowest BCUT2D eigenvalue weighted by Gasteiger charge is -2.18. The van der Waals surface area contributed by atoms with Crippen molar-refractivity contribution in [3.63, 3.8) is 0 Å². The van der Waals surface area contributed by atoms with Crippen molar-refractivity contribution in [2.24, 2.45) is 5.92 Å². The number of para-hydroxylation sites is 1. The summed E-state index contributed by atoms with van der Waals surface area (Å²) < 4.78 is 16.0. The minimum Gasteiger partial charge on any atom is -0.494 e. The quantitative estimate of drug-likeness (QED) is 0.779. The van der Waals surface area contributed by atoms with Crippen LogP contribution in [0.3, 0.4) is 0 Å². The molecular weight excluding hydrogens is 262 g/mol. The van der Waals surface area contributed by atoms with E-state index in [9.17, 15) is 0 Å². The van der Waals surface area contributed by atoms with Gasteiger partial charge in [-0.2, -0.15) is 0 Å². The van der Waals surface area contributed by atoms with Crippen LogP contribution >= 0.6 is 12.2 Å². The summed E-state index contributed by atoms with van der Waals surface area (Å²) in [6, 6.07) is 5.59. The molecular formula is C14H21NO3S. The number of rotatable bonds is 7. The summed E-state index contributed by atoms with van der Waals surface area (Å²) in [4.78, 5) is 0.705. The van der Waals surface area contributed by atoms with Gasteiger partial charge in [0.1, 0.15) is 17.2 Å². The highest BCUT2D eigenvalue weighted by Gasteiger charge is 2.15. The Kier molecular flexibility index (Phi) is 6.59. The van der Waals surface area contributed by atoms with Gasteiger partial charge in [-0.15, -0.1) is 0 Å². The molecule has 1 aromatic carbocycles. The van der Waals surface area contributed by atoms with Crippen molar-refractivity contribution < 1.29 is 14.2 Å². The number of methoxy groups -OCH3 is 2. The molecule has 1 N–H and O–H groups in total. The van der Waals surface area contributed by atoms with Crippen molar-refractivity contribution in [2.75, 3.05) is 32.8 Å². The number of ether oxygens (including phenoxy) is 3. The van der Waals surface area contributed by atoms with E-state index in [1.165, 1.54) is 0 Å². The van der Waals surface area contributed by atoms with Crippen molar-refractivity contribution in [1.29, 1.82) is 0 Å². The van der Waals surface area contributed by atoms with E-state index < -0.39 is 0 Å². The number of thiocarbonyl (C=S) groups is 1. The predicted octanol–water partition coefficient (Wildman–Crippen LogP) is 3.12. The molecule has 0 saturated carbocycles. The lowest BCUT2D eigenvalue weighted by atomic mass is 10.2. The Morgan fingerprint density at radius 2 is 1.84 bits per heavy atom. The van der Waals surface area contributed by atoms with Gasteiger partial charge in [0.15, 0.2) is 0 Å². The molecule has 19 heavy (non-hydrogen) atoms. The SMILES string of the molecule is CCOCC(C)C(=S)Nc1c(OC)cccc1OC. The van der Waals surface area contributed by atoms with E-state index in [0.29, 0.717) is 29.7 Å². The van der Waals surface area contributed by atoms with Crippen LogP contribution in [0.15, 0.2) is 18.2 Å². The number of benzene rings is 1. The summed E-state index contributed by atoms with van der Waals surface area (Å²) in [5, 5.41) is 3.19. The molecule has 0 radical (unpaired) electrons. The fourth-order valence-corrected chi connectivity index (χ4v) is 1.76. The molecule has 0 heterocycles. The van der Waals surface area contributed by atoms with Crippen LogP contribution in [0.4, 0.5) is 5.69 Å². The first-order valence-corrected chi connectivity index (χ1v) is 6.64. The van der Waals surface area contributed by atoms with Gasteiger partial charge in [0.25, 0.3) is 0 Å². The molecule has 106 valence electrons. The summed E-state index contributed by atoms with van der Waals surface area (Å²) in [5.41, 5.74) is 0.751. The number of nitrogens with one attached hydrogen (secondary N) is 1. The van der Waals surface area contributed by atoms with Crippen molar-refractivity contribution in [3.05, 3.63) is 18.2 Å². The van der Waals surface area contributed by atoms with Gasteiger partial charge in [0.05, 0.1) is 25.8 Å². The summed E-state index contributed by atoms with van der Waals surface area (Å²) in [7, 11) is 3.24. The van der Waals surface area contributed by atoms with Crippen molar-refractivity contribution in [3.8, 4) is 11.5 Å². The van der Waals surface area contributed by atoms with Gasteiger partial charge >= 0.3 is 0 Å². The normalized spacial score (nSPS) is 11.8. The minimum absolute atomic E-state index is 0.129. The first-order valence-electron chi connectivity index (χ1n) is 6.23. The lowest BCUT2D eigenvalue weighted by molar-refractivity contribution is 0.134. The third-order valence-corrected chi connectivity index (χ3v) is 3.20. The van der Waals surface area contributed by atoms with Crippen LogP contribution in [0.5, 0.6) is 11.5 Å². The van der Waals surface area contributed by atoms with Crippen LogP contribution in [-0.4, -0.2) is 32.4 Å². The number of hydrogen-bond acceptors (Lipinski definition) is 4. The molecule has 0 saturated heterocycles. The lowest BCUT2D eigenvalue weighted by Crippen LogP contribution is -2.23. The smallest absolute Gasteiger partial charge is 0.146 e. The van der Waals surface area contributed by atoms with E-state index in [-0.39, 0.29) is 5.92 Å². The van der Waals surface area contributed by atoms with Crippen LogP contribution in [0, 0.1) is 5.92 Å². The summed E-state index contributed by atoms with van der Waals surface area (Å²) in [5.74, 6) is 1.53. The fourth-order valence-electron chi connectivity index (χ4n) is 1.59. The monoisotopic (exact) mass is 283 g/mol. The Balaban J connectivity index is 2.83. The van der Waals surface area contributed by atoms with Crippen LogP contribution in [0.2, 0.25) is 0 Å². The average Bonchev–Trinajstić information content (AvgIpc) is 2.44. The topological polar surface area (TPSA) is 39.7 Å². The minimum atomic E-state index is 0.129. The average molecular weight is 283 g/mol. The zero-order valence-corrected chi connectivity index (χ0v) is 12.7. The molecule has 0 fully saturated rings. The van der Waals surface area contributed by atoms with E-state index >= 15 is 0 Å². The highest BCUT2D eigenvalue weighted by Crippen LogP contribution is 2.34. The van der Waals surface area contributed by atoms with E-state index in [0.717, 1.165) is 5.69 Å². The zero-order chi connectivity index (χ0) is 14.3. The Bertz CT molecular complexity index is 401. The molecule has 1 rings (SSSR count). The number of hydrogen-bond donors (Lipinski definition) is 1. The van der Waals surface area contributed by atoms with E-state index in [1.807, 2.05) is 32.0 Å². The Hall–Kier alpha value is -1.33. The van der Waals surface area contributed by atoms with Crippen molar-refractivity contribution >= 4 is 22.9 Å². The van der Waals surface area contributed by atoms with Gasteiger partial charge in [-0.05, 0) is 19.1 Å². The highest BCUT2D eigenvalue weighted by molar-refractivity contribution is 7.80. The molecule has 0 aliphatic heterocycles. The second-order valence-corrected chi connectivity index (χ2v) is 4.53. The van der Waals surface area contributed by atoms with Crippen molar-refractivity contribution in [1.82, 2.24) is 0 Å². The van der Waals surface area contributed by atoms with Crippen LogP contribution in [0.1, 0.15) is 13.8 Å². The predicted molar refractivity (Wildman–Crippen MR) is 81.4 cm³/mol. The molecule has 4 nitrogen and oxygen atoms in total. The van der Waals surface area contributed by atoms with Gasteiger partial charge in [0, 0.05) is 12.5 Å². The molecule has 5 heteroatoms. The maximum Gasteiger partial charge on any atom is 0.146 e. The molecule has 0 aromatic heterocycles. The molecule has 0 aliphatic rings. The first-order chi connectivity index (χ1) is 9.13. The summed E-state index contributed by atoms with van der Waals surface area (Å²) >= 11 is 5.38. The van der Waals surface area contributed by atoms with Gasteiger partial charge in [-0.25, -0.2) is 0 Å². The third-order valence-electron chi connectivity index (χ3n) is 2.70. The molecule has 1 unspecified atom stereocenters. The largest absolute Gasteiger partial charge is 0.494 e. The molecule has 1 atom stereocenters. The Morgan fingerprint density at radius 3 is 2.32 bits per heavy atom. The van der Waals surface area contributed by atoms with Crippen molar-refractivity contribution in [2.45, 2.75) is 13.8 Å². The van der Waals surface area contributed by atoms with Gasteiger partial charge in [-0.1, -0.05) is 25.2 Å². The molecule has 0 aliphatic carbocycles. The highest BCUT2D eigenvalue weighted by atomic mass is 32.1. The Morgan fingerprint density at radius 1 is 1.26 bits per heavy atom. The third kappa shape index (κ3) is 4.36. The second kappa shape index (κ2) is 7.96. The van der Waals surface area contributed by atoms with Gasteiger partial charge in [-0.3, -0.25) is 0 Å². The van der Waals surface area contributed by atoms with Crippen LogP contribution in [0.25, 0.3) is 0 Å². The Labute approximate surface area is 120 Å². The molecule has 0 amide bonds. The molecule has 0 spiro atoms. The molecule has 0 bridgehead atoms. The van der Waals surface area contributed by atoms with E-state index in [1.54, 1.807) is 14.2 Å². The zero-order valence-electron chi connectivity index (χ0n) is 11.9. The summed E-state index contributed by atoms with van der Waals surface area (Å²) in [6.07, 6.45) is 0. The van der Waals surface area contributed by atoms with Crippen LogP contribution < -0.4 is 14.8 Å². The van der Waals surface area contributed by atoms with E-state index in [2.05, 4.69) is 5.32 Å².